The van der Waals surface area contributed by atoms with Crippen molar-refractivity contribution in [2.45, 2.75) is 31.9 Å². The molecule has 0 saturated carbocycles. The lowest BCUT2D eigenvalue weighted by Crippen LogP contribution is -2.50. The first-order valence-electron chi connectivity index (χ1n) is 5.99. The van der Waals surface area contributed by atoms with E-state index in [-0.39, 0.29) is 11.1 Å². The molecule has 2 aliphatic heterocycles. The van der Waals surface area contributed by atoms with Crippen LogP contribution in [0, 0.1) is 0 Å². The average Bonchev–Trinajstić information content (AvgIpc) is 2.67. The Morgan fingerprint density at radius 1 is 1.31 bits per heavy atom. The fourth-order valence-corrected chi connectivity index (χ4v) is 3.13. The maximum atomic E-state index is 6.03. The molecule has 0 radical (unpaired) electrons. The fraction of sp³-hybridized carbons (Fsp3) is 0.538. The molecule has 0 aliphatic carbocycles. The second kappa shape index (κ2) is 2.83. The summed E-state index contributed by atoms with van der Waals surface area (Å²) in [5, 5.41) is 0. The van der Waals surface area contributed by atoms with Gasteiger partial charge >= 0.3 is 0 Å². The van der Waals surface area contributed by atoms with Crippen molar-refractivity contribution in [3.8, 4) is 0 Å². The van der Waals surface area contributed by atoms with E-state index in [0.717, 1.165) is 13.2 Å². The van der Waals surface area contributed by atoms with E-state index < -0.39 is 0 Å². The van der Waals surface area contributed by atoms with Crippen LogP contribution in [-0.4, -0.2) is 26.7 Å². The zero-order chi connectivity index (χ0) is 11.6. The molecule has 0 bridgehead atoms. The zero-order valence-corrected chi connectivity index (χ0v) is 10.5. The van der Waals surface area contributed by atoms with Gasteiger partial charge in [0, 0.05) is 17.6 Å². The van der Waals surface area contributed by atoms with Gasteiger partial charge in [-0.05, 0) is 18.6 Å². The smallest absolute Gasteiger partial charge is 0.147 e. The highest BCUT2D eigenvalue weighted by molar-refractivity contribution is 6.32. The molecule has 1 unspecified atom stereocenters. The quantitative estimate of drug-likeness (QED) is 0.593. The lowest BCUT2D eigenvalue weighted by molar-refractivity contribution is -0.0250. The standard InChI is InChI=1S/C13H18BNO/c1-12(2)10-8-9(14)4-5-11(10)15-6-7-16-13(12,15)3/h4-5,8H,6-7,14H2,1-3H3. The van der Waals surface area contributed by atoms with Crippen LogP contribution in [-0.2, 0) is 10.2 Å². The molecule has 16 heavy (non-hydrogen) atoms. The van der Waals surface area contributed by atoms with Crippen LogP contribution >= 0.6 is 0 Å². The lowest BCUT2D eigenvalue weighted by Gasteiger charge is -2.38. The average molecular weight is 215 g/mol. The van der Waals surface area contributed by atoms with Gasteiger partial charge in [-0.15, -0.1) is 0 Å². The van der Waals surface area contributed by atoms with Crippen molar-refractivity contribution in [2.75, 3.05) is 18.1 Å². The predicted octanol–water partition coefficient (Wildman–Crippen LogP) is 0.789. The maximum Gasteiger partial charge on any atom is 0.147 e. The molecule has 84 valence electrons. The topological polar surface area (TPSA) is 12.5 Å². The Morgan fingerprint density at radius 3 is 2.81 bits per heavy atom. The molecular weight excluding hydrogens is 197 g/mol. The van der Waals surface area contributed by atoms with E-state index in [1.54, 1.807) is 0 Å². The second-order valence-corrected chi connectivity index (χ2v) is 5.63. The summed E-state index contributed by atoms with van der Waals surface area (Å²) in [6, 6.07) is 6.74. The third-order valence-corrected chi connectivity index (χ3v) is 4.49. The molecule has 3 rings (SSSR count). The summed E-state index contributed by atoms with van der Waals surface area (Å²) in [5.41, 5.74) is 4.01. The van der Waals surface area contributed by atoms with Gasteiger partial charge in [-0.1, -0.05) is 31.4 Å². The van der Waals surface area contributed by atoms with E-state index in [1.165, 1.54) is 16.7 Å². The Kier molecular flexibility index (Phi) is 1.81. The SMILES string of the molecule is Bc1ccc2c(c1)C(C)(C)C1(C)OCCN21. The minimum absolute atomic E-state index is 0.0604. The summed E-state index contributed by atoms with van der Waals surface area (Å²) in [5.74, 6) is 0. The van der Waals surface area contributed by atoms with E-state index in [1.807, 2.05) is 0 Å². The molecule has 1 saturated heterocycles. The first-order valence-corrected chi connectivity index (χ1v) is 5.99. The number of nitrogens with zero attached hydrogens (tertiary/aromatic N) is 1. The van der Waals surface area contributed by atoms with Gasteiger partial charge in [0.15, 0.2) is 0 Å². The van der Waals surface area contributed by atoms with Crippen molar-refractivity contribution in [3.63, 3.8) is 0 Å². The Labute approximate surface area is 98.0 Å². The van der Waals surface area contributed by atoms with Gasteiger partial charge in [-0.2, -0.15) is 0 Å². The minimum atomic E-state index is -0.164. The predicted molar refractivity (Wildman–Crippen MR) is 69.3 cm³/mol. The molecule has 0 spiro atoms. The lowest BCUT2D eigenvalue weighted by atomic mass is 9.77. The van der Waals surface area contributed by atoms with E-state index in [9.17, 15) is 0 Å². The monoisotopic (exact) mass is 215 g/mol. The van der Waals surface area contributed by atoms with Gasteiger partial charge in [-0.25, -0.2) is 0 Å². The number of fused-ring (bicyclic) bond motifs is 3. The van der Waals surface area contributed by atoms with Crippen LogP contribution in [0.5, 0.6) is 0 Å². The minimum Gasteiger partial charge on any atom is -0.353 e. The summed E-state index contributed by atoms with van der Waals surface area (Å²) in [6.07, 6.45) is 0. The van der Waals surface area contributed by atoms with Gasteiger partial charge in [-0.3, -0.25) is 0 Å². The molecule has 1 fully saturated rings. The molecule has 0 aromatic heterocycles. The van der Waals surface area contributed by atoms with Crippen LogP contribution in [0.2, 0.25) is 0 Å². The Hall–Kier alpha value is -0.955. The summed E-state index contributed by atoms with van der Waals surface area (Å²) in [6.45, 7) is 8.64. The van der Waals surface area contributed by atoms with Gasteiger partial charge in [0.25, 0.3) is 0 Å². The first kappa shape index (κ1) is 10.2. The molecule has 2 nitrogen and oxygen atoms in total. The Morgan fingerprint density at radius 2 is 2.06 bits per heavy atom. The summed E-state index contributed by atoms with van der Waals surface area (Å²) >= 11 is 0. The highest BCUT2D eigenvalue weighted by Gasteiger charge is 2.57. The zero-order valence-electron chi connectivity index (χ0n) is 10.5. The number of rotatable bonds is 0. The van der Waals surface area contributed by atoms with Gasteiger partial charge in [0.1, 0.15) is 13.6 Å². The third-order valence-electron chi connectivity index (χ3n) is 4.49. The van der Waals surface area contributed by atoms with E-state index >= 15 is 0 Å². The normalized spacial score (nSPS) is 30.3. The molecule has 1 atom stereocenters. The van der Waals surface area contributed by atoms with E-state index in [4.69, 9.17) is 4.74 Å². The van der Waals surface area contributed by atoms with Gasteiger partial charge in [0.2, 0.25) is 0 Å². The number of hydrogen-bond donors (Lipinski definition) is 0. The Bertz CT molecular complexity index is 457. The third kappa shape index (κ3) is 0.976. The van der Waals surface area contributed by atoms with E-state index in [2.05, 4.69) is 51.7 Å². The summed E-state index contributed by atoms with van der Waals surface area (Å²) in [4.78, 5) is 2.42. The van der Waals surface area contributed by atoms with Crippen molar-refractivity contribution >= 4 is 19.0 Å². The van der Waals surface area contributed by atoms with Crippen molar-refractivity contribution in [1.82, 2.24) is 0 Å². The van der Waals surface area contributed by atoms with Crippen molar-refractivity contribution in [1.29, 1.82) is 0 Å². The highest BCUT2D eigenvalue weighted by Crippen LogP contribution is 2.53. The van der Waals surface area contributed by atoms with Crippen LogP contribution in [0.4, 0.5) is 5.69 Å². The van der Waals surface area contributed by atoms with Gasteiger partial charge < -0.3 is 9.64 Å². The van der Waals surface area contributed by atoms with Crippen molar-refractivity contribution in [3.05, 3.63) is 23.8 Å². The second-order valence-electron chi connectivity index (χ2n) is 5.63. The highest BCUT2D eigenvalue weighted by atomic mass is 16.5. The molecule has 2 heterocycles. The summed E-state index contributed by atoms with van der Waals surface area (Å²) in [7, 11) is 2.16. The molecule has 1 aromatic rings. The van der Waals surface area contributed by atoms with Crippen LogP contribution < -0.4 is 10.4 Å². The van der Waals surface area contributed by atoms with Crippen LogP contribution in [0.15, 0.2) is 18.2 Å². The largest absolute Gasteiger partial charge is 0.353 e. The molecule has 0 N–H and O–H groups in total. The van der Waals surface area contributed by atoms with Crippen LogP contribution in [0.1, 0.15) is 26.3 Å². The molecule has 3 heteroatoms. The molecular formula is C13H18BNO. The fourth-order valence-electron chi connectivity index (χ4n) is 3.13. The molecule has 2 aliphatic rings. The first-order chi connectivity index (χ1) is 7.47. The maximum absolute atomic E-state index is 6.03. The molecule has 0 amide bonds. The van der Waals surface area contributed by atoms with E-state index in [0.29, 0.717) is 0 Å². The number of hydrogen-bond acceptors (Lipinski definition) is 2. The van der Waals surface area contributed by atoms with Crippen LogP contribution in [0.25, 0.3) is 0 Å². The Balaban J connectivity index is 2.26. The van der Waals surface area contributed by atoms with Crippen LogP contribution in [0.3, 0.4) is 0 Å². The molecule has 1 aromatic carbocycles. The number of ether oxygens (including phenoxy) is 1. The van der Waals surface area contributed by atoms with Gasteiger partial charge in [0.05, 0.1) is 6.61 Å². The number of benzene rings is 1. The number of anilines is 1. The van der Waals surface area contributed by atoms with Crippen molar-refractivity contribution in [2.24, 2.45) is 0 Å². The van der Waals surface area contributed by atoms with Crippen molar-refractivity contribution < 1.29 is 4.74 Å². The summed E-state index contributed by atoms with van der Waals surface area (Å²) < 4.78 is 6.03.